The van der Waals surface area contributed by atoms with Gasteiger partial charge in [-0.05, 0) is 49.6 Å². The van der Waals surface area contributed by atoms with Crippen LogP contribution in [-0.2, 0) is 0 Å². The molecule has 0 aromatic heterocycles. The normalized spacial score (nSPS) is 11.2. The minimum absolute atomic E-state index is 0.139. The summed E-state index contributed by atoms with van der Waals surface area (Å²) in [5.74, 6) is 0.725. The van der Waals surface area contributed by atoms with E-state index in [1.165, 1.54) is 5.56 Å². The fraction of sp³-hybridized carbons (Fsp3) is 0.250. The van der Waals surface area contributed by atoms with Crippen molar-refractivity contribution in [2.45, 2.75) is 20.8 Å². The van der Waals surface area contributed by atoms with Crippen molar-refractivity contribution in [3.8, 4) is 5.75 Å². The molecule has 1 atom stereocenters. The smallest absolute Gasteiger partial charge is 0.131 e. The number of rotatable bonds is 3. The maximum Gasteiger partial charge on any atom is 0.131 e. The molecule has 100 valence electrons. The first-order chi connectivity index (χ1) is 9.01. The number of benzene rings is 2. The van der Waals surface area contributed by atoms with Gasteiger partial charge in [-0.2, -0.15) is 0 Å². The van der Waals surface area contributed by atoms with Gasteiger partial charge in [0.05, 0.1) is 7.11 Å². The van der Waals surface area contributed by atoms with E-state index in [0.29, 0.717) is 0 Å². The Balaban J connectivity index is 2.42. The van der Waals surface area contributed by atoms with E-state index in [1.807, 2.05) is 32.9 Å². The van der Waals surface area contributed by atoms with Crippen LogP contribution in [0.1, 0.15) is 16.7 Å². The van der Waals surface area contributed by atoms with Crippen molar-refractivity contribution in [2.75, 3.05) is 7.11 Å². The fourth-order valence-corrected chi connectivity index (χ4v) is 3.55. The molecule has 0 aliphatic carbocycles. The minimum Gasteiger partial charge on any atom is -0.496 e. The molecule has 0 amide bonds. The van der Waals surface area contributed by atoms with Gasteiger partial charge in [-0.3, -0.25) is 0 Å². The Bertz CT molecular complexity index is 608. The van der Waals surface area contributed by atoms with Gasteiger partial charge in [0.1, 0.15) is 11.6 Å². The summed E-state index contributed by atoms with van der Waals surface area (Å²) in [7, 11) is 1.93. The Morgan fingerprint density at radius 3 is 2.32 bits per heavy atom. The van der Waals surface area contributed by atoms with Gasteiger partial charge < -0.3 is 4.74 Å². The number of ether oxygens (including phenoxy) is 1. The molecule has 0 saturated carbocycles. The van der Waals surface area contributed by atoms with E-state index in [9.17, 15) is 4.39 Å². The van der Waals surface area contributed by atoms with Crippen molar-refractivity contribution in [1.82, 2.24) is 0 Å². The zero-order valence-electron chi connectivity index (χ0n) is 11.7. The summed E-state index contributed by atoms with van der Waals surface area (Å²) in [5.41, 5.74) is 3.21. The maximum absolute atomic E-state index is 13.9. The van der Waals surface area contributed by atoms with Crippen molar-refractivity contribution in [2.24, 2.45) is 0 Å². The highest BCUT2D eigenvalue weighted by atomic mass is 31.1. The second-order valence-corrected chi connectivity index (χ2v) is 6.10. The van der Waals surface area contributed by atoms with Crippen molar-refractivity contribution < 1.29 is 9.13 Å². The van der Waals surface area contributed by atoms with E-state index in [0.717, 1.165) is 27.5 Å². The molecule has 2 rings (SSSR count). The predicted octanol–water partition coefficient (Wildman–Crippen LogP) is 3.39. The van der Waals surface area contributed by atoms with Crippen molar-refractivity contribution in [3.05, 3.63) is 52.8 Å². The lowest BCUT2D eigenvalue weighted by atomic mass is 10.1. The molecule has 0 heterocycles. The van der Waals surface area contributed by atoms with Crippen LogP contribution in [-0.4, -0.2) is 7.11 Å². The minimum atomic E-state index is -0.139. The van der Waals surface area contributed by atoms with Crippen LogP contribution < -0.4 is 15.3 Å². The summed E-state index contributed by atoms with van der Waals surface area (Å²) in [6.45, 7) is 5.96. The summed E-state index contributed by atoms with van der Waals surface area (Å²) in [4.78, 5) is 0. The Morgan fingerprint density at radius 1 is 0.947 bits per heavy atom. The van der Waals surface area contributed by atoms with Crippen LogP contribution in [0.3, 0.4) is 0 Å². The largest absolute Gasteiger partial charge is 0.496 e. The van der Waals surface area contributed by atoms with E-state index in [4.69, 9.17) is 4.74 Å². The molecule has 1 nitrogen and oxygen atoms in total. The summed E-state index contributed by atoms with van der Waals surface area (Å²) in [6, 6.07) is 9.54. The highest BCUT2D eigenvalue weighted by molar-refractivity contribution is 7.55. The molecule has 19 heavy (non-hydrogen) atoms. The summed E-state index contributed by atoms with van der Waals surface area (Å²) < 4.78 is 19.4. The lowest BCUT2D eigenvalue weighted by molar-refractivity contribution is 0.415. The molecule has 0 aliphatic heterocycles. The molecule has 0 aliphatic rings. The number of hydrogen-bond acceptors (Lipinski definition) is 1. The van der Waals surface area contributed by atoms with Gasteiger partial charge in [0.25, 0.3) is 0 Å². The zero-order chi connectivity index (χ0) is 14.0. The quantitative estimate of drug-likeness (QED) is 0.781. The topological polar surface area (TPSA) is 9.23 Å². The third kappa shape index (κ3) is 3.13. The SMILES string of the molecule is COc1c(C)cc(C)cc1Pc1ccc(C)cc1F. The predicted molar refractivity (Wildman–Crippen MR) is 81.2 cm³/mol. The molecule has 2 aromatic carbocycles. The van der Waals surface area contributed by atoms with Crippen LogP contribution in [0.2, 0.25) is 0 Å². The Kier molecular flexibility index (Phi) is 4.21. The second kappa shape index (κ2) is 5.71. The third-order valence-corrected chi connectivity index (χ3v) is 4.33. The van der Waals surface area contributed by atoms with Gasteiger partial charge in [0.2, 0.25) is 0 Å². The molecular formula is C16H18FOP. The Hall–Kier alpha value is -1.40. The van der Waals surface area contributed by atoms with Crippen molar-refractivity contribution in [3.63, 3.8) is 0 Å². The molecule has 0 saturated heterocycles. The molecule has 1 unspecified atom stereocenters. The van der Waals surface area contributed by atoms with E-state index in [1.54, 1.807) is 13.2 Å². The van der Waals surface area contributed by atoms with Crippen LogP contribution >= 0.6 is 8.58 Å². The van der Waals surface area contributed by atoms with E-state index in [-0.39, 0.29) is 14.4 Å². The van der Waals surface area contributed by atoms with Gasteiger partial charge in [-0.15, -0.1) is 0 Å². The monoisotopic (exact) mass is 276 g/mol. The zero-order valence-corrected chi connectivity index (χ0v) is 12.7. The molecule has 0 N–H and O–H groups in total. The number of hydrogen-bond donors (Lipinski definition) is 0. The number of aryl methyl sites for hydroxylation is 3. The van der Waals surface area contributed by atoms with Crippen LogP contribution in [0.5, 0.6) is 5.75 Å². The first kappa shape index (κ1) is 14.0. The van der Waals surface area contributed by atoms with E-state index in [2.05, 4.69) is 12.1 Å². The van der Waals surface area contributed by atoms with Gasteiger partial charge in [0.15, 0.2) is 0 Å². The number of halogens is 1. The molecule has 0 fully saturated rings. The van der Waals surface area contributed by atoms with Gasteiger partial charge in [-0.1, -0.05) is 26.8 Å². The van der Waals surface area contributed by atoms with Gasteiger partial charge >= 0.3 is 0 Å². The standard InChI is InChI=1S/C16H18FOP/c1-10-5-6-14(13(17)8-10)19-15-9-11(2)7-12(3)16(15)18-4/h5-9,19H,1-4H3. The van der Waals surface area contributed by atoms with Crippen LogP contribution in [0.25, 0.3) is 0 Å². The molecule has 0 spiro atoms. The summed E-state index contributed by atoms with van der Waals surface area (Å²) >= 11 is 0. The molecule has 0 radical (unpaired) electrons. The van der Waals surface area contributed by atoms with Crippen LogP contribution in [0.15, 0.2) is 30.3 Å². The fourth-order valence-electron chi connectivity index (χ4n) is 2.18. The highest BCUT2D eigenvalue weighted by Crippen LogP contribution is 2.25. The molecule has 0 bridgehead atoms. The average molecular weight is 276 g/mol. The average Bonchev–Trinajstić information content (AvgIpc) is 2.32. The lowest BCUT2D eigenvalue weighted by Gasteiger charge is -2.13. The first-order valence-corrected chi connectivity index (χ1v) is 7.19. The van der Waals surface area contributed by atoms with Gasteiger partial charge in [-0.25, -0.2) is 4.39 Å². The van der Waals surface area contributed by atoms with Crippen molar-refractivity contribution in [1.29, 1.82) is 0 Å². The van der Waals surface area contributed by atoms with Crippen LogP contribution in [0, 0.1) is 26.6 Å². The maximum atomic E-state index is 13.9. The Morgan fingerprint density at radius 2 is 1.68 bits per heavy atom. The van der Waals surface area contributed by atoms with Crippen molar-refractivity contribution >= 4 is 19.2 Å². The molecular weight excluding hydrogens is 258 g/mol. The lowest BCUT2D eigenvalue weighted by Crippen LogP contribution is -2.11. The summed E-state index contributed by atoms with van der Waals surface area (Å²) in [6.07, 6.45) is 0. The first-order valence-electron chi connectivity index (χ1n) is 6.19. The van der Waals surface area contributed by atoms with E-state index < -0.39 is 0 Å². The van der Waals surface area contributed by atoms with E-state index >= 15 is 0 Å². The third-order valence-electron chi connectivity index (χ3n) is 3.02. The molecule has 3 heteroatoms. The van der Waals surface area contributed by atoms with Crippen LogP contribution in [0.4, 0.5) is 4.39 Å². The Labute approximate surface area is 115 Å². The number of methoxy groups -OCH3 is 1. The summed E-state index contributed by atoms with van der Waals surface area (Å²) in [5, 5.41) is 1.79. The van der Waals surface area contributed by atoms with Gasteiger partial charge in [0, 0.05) is 10.6 Å². The second-order valence-electron chi connectivity index (χ2n) is 4.77. The molecule has 2 aromatic rings. The highest BCUT2D eigenvalue weighted by Gasteiger charge is 2.11.